The quantitative estimate of drug-likeness (QED) is 0.649. The molecule has 0 bridgehead atoms. The molecule has 3 rings (SSSR count). The Kier molecular flexibility index (Phi) is 6.80. The van der Waals surface area contributed by atoms with Gasteiger partial charge in [-0.1, -0.05) is 24.3 Å². The van der Waals surface area contributed by atoms with Crippen LogP contribution in [0.5, 0.6) is 0 Å². The van der Waals surface area contributed by atoms with Gasteiger partial charge in [0.25, 0.3) is 5.91 Å². The van der Waals surface area contributed by atoms with Gasteiger partial charge in [-0.2, -0.15) is 26.3 Å². The maximum Gasteiger partial charge on any atom is 0.416 e. The maximum absolute atomic E-state index is 13.3. The van der Waals surface area contributed by atoms with Crippen LogP contribution >= 0.6 is 0 Å². The van der Waals surface area contributed by atoms with Gasteiger partial charge in [0.05, 0.1) is 16.8 Å². The zero-order chi connectivity index (χ0) is 24.4. The van der Waals surface area contributed by atoms with Crippen molar-refractivity contribution in [3.63, 3.8) is 0 Å². The molecule has 33 heavy (non-hydrogen) atoms. The fourth-order valence-electron chi connectivity index (χ4n) is 3.46. The van der Waals surface area contributed by atoms with Crippen LogP contribution in [0.2, 0.25) is 0 Å². The van der Waals surface area contributed by atoms with Crippen molar-refractivity contribution in [2.45, 2.75) is 38.3 Å². The number of benzodiazepines with no additional fused rings is 1. The van der Waals surface area contributed by atoms with Gasteiger partial charge in [-0.05, 0) is 37.1 Å². The lowest BCUT2D eigenvalue weighted by Gasteiger charge is -2.24. The summed E-state index contributed by atoms with van der Waals surface area (Å²) in [7, 11) is 0. The van der Waals surface area contributed by atoms with Crippen LogP contribution in [0.3, 0.4) is 0 Å². The molecule has 2 aromatic carbocycles. The second-order valence-electron chi connectivity index (χ2n) is 7.26. The van der Waals surface area contributed by atoms with Gasteiger partial charge in [0, 0.05) is 24.7 Å². The minimum Gasteiger partial charge on any atom is -0.327 e. The topological polar surface area (TPSA) is 61.8 Å². The fraction of sp³-hybridized carbons (Fsp3) is 0.318. The molecule has 0 aliphatic carbocycles. The van der Waals surface area contributed by atoms with E-state index in [0.717, 1.165) is 0 Å². The molecule has 0 aromatic heterocycles. The van der Waals surface area contributed by atoms with Crippen molar-refractivity contribution >= 4 is 23.7 Å². The number of hydrogen-bond acceptors (Lipinski definition) is 3. The molecule has 1 atom stereocenters. The number of nitrogens with one attached hydrogen (secondary N) is 1. The Morgan fingerprint density at radius 2 is 1.76 bits per heavy atom. The SMILES string of the molecule is CCN1C(=O)C(NC(=O)CCc2ccc(C(F)(F)F)cc2C(F)(F)F)N=Cc2ccccc21. The summed E-state index contributed by atoms with van der Waals surface area (Å²) < 4.78 is 78.3. The summed E-state index contributed by atoms with van der Waals surface area (Å²) in [6.45, 7) is 2.04. The molecule has 1 N–H and O–H groups in total. The largest absolute Gasteiger partial charge is 0.416 e. The Morgan fingerprint density at radius 3 is 2.39 bits per heavy atom. The number of para-hydroxylation sites is 1. The van der Waals surface area contributed by atoms with Gasteiger partial charge in [0.2, 0.25) is 12.1 Å². The number of halogens is 6. The predicted octanol–water partition coefficient (Wildman–Crippen LogP) is 4.58. The van der Waals surface area contributed by atoms with E-state index in [2.05, 4.69) is 10.3 Å². The van der Waals surface area contributed by atoms with Crippen LogP contribution < -0.4 is 10.2 Å². The number of carbonyl (C=O) groups excluding carboxylic acids is 2. The predicted molar refractivity (Wildman–Crippen MR) is 109 cm³/mol. The van der Waals surface area contributed by atoms with Gasteiger partial charge in [-0.25, -0.2) is 0 Å². The number of alkyl halides is 6. The van der Waals surface area contributed by atoms with Crippen molar-refractivity contribution in [1.82, 2.24) is 5.32 Å². The van der Waals surface area contributed by atoms with Gasteiger partial charge in [-0.3, -0.25) is 14.6 Å². The van der Waals surface area contributed by atoms with Crippen LogP contribution in [0.1, 0.15) is 35.6 Å². The highest BCUT2D eigenvalue weighted by Gasteiger charge is 2.38. The Labute approximate surface area is 185 Å². The fourth-order valence-corrected chi connectivity index (χ4v) is 3.46. The van der Waals surface area contributed by atoms with Crippen molar-refractivity contribution in [2.75, 3.05) is 11.4 Å². The van der Waals surface area contributed by atoms with Crippen LogP contribution in [0, 0.1) is 0 Å². The smallest absolute Gasteiger partial charge is 0.327 e. The molecule has 0 spiro atoms. The van der Waals surface area contributed by atoms with Crippen LogP contribution in [-0.4, -0.2) is 30.7 Å². The molecule has 1 aliphatic heterocycles. The van der Waals surface area contributed by atoms with E-state index < -0.39 is 59.9 Å². The Morgan fingerprint density at radius 1 is 1.06 bits per heavy atom. The lowest BCUT2D eigenvalue weighted by Crippen LogP contribution is -2.47. The number of aryl methyl sites for hydroxylation is 1. The van der Waals surface area contributed by atoms with Crippen molar-refractivity contribution in [2.24, 2.45) is 4.99 Å². The number of benzene rings is 2. The van der Waals surface area contributed by atoms with Crippen LogP contribution in [0.25, 0.3) is 0 Å². The zero-order valence-electron chi connectivity index (χ0n) is 17.3. The van der Waals surface area contributed by atoms with Crippen LogP contribution in [0.4, 0.5) is 32.0 Å². The van der Waals surface area contributed by atoms with E-state index in [1.807, 2.05) is 0 Å². The number of hydrogen-bond donors (Lipinski definition) is 1. The highest BCUT2D eigenvalue weighted by Crippen LogP contribution is 2.37. The number of rotatable bonds is 5. The normalized spacial score (nSPS) is 16.4. The summed E-state index contributed by atoms with van der Waals surface area (Å²) in [6, 6.07) is 8.23. The minimum atomic E-state index is -5.03. The average Bonchev–Trinajstić information content (AvgIpc) is 2.87. The van der Waals surface area contributed by atoms with Crippen molar-refractivity contribution in [1.29, 1.82) is 0 Å². The molecule has 0 saturated carbocycles. The number of carbonyl (C=O) groups is 2. The number of likely N-dealkylation sites (N-methyl/N-ethyl adjacent to an activating group) is 1. The van der Waals surface area contributed by atoms with E-state index >= 15 is 0 Å². The number of nitrogens with zero attached hydrogens (tertiary/aromatic N) is 2. The minimum absolute atomic E-state index is 0.0305. The average molecular weight is 471 g/mol. The summed E-state index contributed by atoms with van der Waals surface area (Å²) in [6.07, 6.45) is -10.8. The van der Waals surface area contributed by atoms with E-state index in [9.17, 15) is 35.9 Å². The first-order chi connectivity index (χ1) is 15.4. The second-order valence-corrected chi connectivity index (χ2v) is 7.26. The molecule has 2 aromatic rings. The Hall–Kier alpha value is -3.37. The standard InChI is InChI=1S/C22H19F6N3O2/c1-2-31-17-6-4-3-5-14(17)12-29-19(20(31)33)30-18(32)10-8-13-7-9-15(21(23,24)25)11-16(13)22(26,27)28/h3-7,9,11-12,19H,2,8,10H2,1H3,(H,30,32). The van der Waals surface area contributed by atoms with Gasteiger partial charge in [0.1, 0.15) is 0 Å². The molecule has 1 aliphatic rings. The van der Waals surface area contributed by atoms with Gasteiger partial charge >= 0.3 is 12.4 Å². The summed E-state index contributed by atoms with van der Waals surface area (Å²) in [5.41, 5.74) is -2.08. The first kappa shape index (κ1) is 24.3. The van der Waals surface area contributed by atoms with Crippen molar-refractivity contribution in [3.05, 3.63) is 64.7 Å². The van der Waals surface area contributed by atoms with Gasteiger partial charge in [-0.15, -0.1) is 0 Å². The first-order valence-corrected chi connectivity index (χ1v) is 9.92. The lowest BCUT2D eigenvalue weighted by molar-refractivity contribution is -0.143. The highest BCUT2D eigenvalue weighted by atomic mass is 19.4. The summed E-state index contributed by atoms with van der Waals surface area (Å²) >= 11 is 0. The van der Waals surface area contributed by atoms with Crippen LogP contribution in [0.15, 0.2) is 47.5 Å². The molecule has 176 valence electrons. The molecule has 2 amide bonds. The van der Waals surface area contributed by atoms with Gasteiger partial charge < -0.3 is 10.2 Å². The van der Waals surface area contributed by atoms with E-state index in [1.165, 1.54) is 11.1 Å². The second kappa shape index (κ2) is 9.24. The number of anilines is 1. The molecule has 11 heteroatoms. The molecular weight excluding hydrogens is 452 g/mol. The number of aliphatic imine (C=N–C) groups is 1. The third-order valence-electron chi connectivity index (χ3n) is 5.07. The van der Waals surface area contributed by atoms with Crippen molar-refractivity contribution < 1.29 is 35.9 Å². The van der Waals surface area contributed by atoms with E-state index in [4.69, 9.17) is 0 Å². The molecule has 0 saturated heterocycles. The molecule has 1 heterocycles. The first-order valence-electron chi connectivity index (χ1n) is 9.92. The lowest BCUT2D eigenvalue weighted by atomic mass is 9.99. The monoisotopic (exact) mass is 471 g/mol. The summed E-state index contributed by atoms with van der Waals surface area (Å²) in [5.74, 6) is -1.28. The Bertz CT molecular complexity index is 1080. The Balaban J connectivity index is 1.74. The van der Waals surface area contributed by atoms with E-state index in [0.29, 0.717) is 29.9 Å². The molecule has 5 nitrogen and oxygen atoms in total. The third-order valence-corrected chi connectivity index (χ3v) is 5.07. The molecular formula is C22H19F6N3O2. The molecule has 1 unspecified atom stereocenters. The number of fused-ring (bicyclic) bond motifs is 1. The van der Waals surface area contributed by atoms with E-state index in [1.54, 1.807) is 31.2 Å². The highest BCUT2D eigenvalue weighted by molar-refractivity contribution is 6.06. The summed E-state index contributed by atoms with van der Waals surface area (Å²) in [5, 5.41) is 2.38. The zero-order valence-corrected chi connectivity index (χ0v) is 17.3. The number of amides is 2. The molecule has 0 fully saturated rings. The van der Waals surface area contributed by atoms with E-state index in [-0.39, 0.29) is 6.07 Å². The van der Waals surface area contributed by atoms with Crippen molar-refractivity contribution in [3.8, 4) is 0 Å². The molecule has 0 radical (unpaired) electrons. The third kappa shape index (κ3) is 5.52. The maximum atomic E-state index is 13.3. The summed E-state index contributed by atoms with van der Waals surface area (Å²) in [4.78, 5) is 30.7. The van der Waals surface area contributed by atoms with Gasteiger partial charge in [0.15, 0.2) is 0 Å². The van der Waals surface area contributed by atoms with Crippen LogP contribution in [-0.2, 0) is 28.4 Å².